The van der Waals surface area contributed by atoms with Crippen molar-refractivity contribution in [1.82, 2.24) is 4.31 Å². The Kier molecular flexibility index (Phi) is 3.82. The monoisotopic (exact) mass is 321 g/mol. The van der Waals surface area contributed by atoms with Gasteiger partial charge < -0.3 is 4.74 Å². The third-order valence-corrected chi connectivity index (χ3v) is 6.34. The fraction of sp³-hybridized carbons (Fsp3) is 0.438. The second kappa shape index (κ2) is 5.52. The minimum absolute atomic E-state index is 0.0642. The highest BCUT2D eigenvalue weighted by molar-refractivity contribution is 7.89. The summed E-state index contributed by atoms with van der Waals surface area (Å²) in [6, 6.07) is 6.86. The number of hydrogen-bond acceptors (Lipinski definition) is 4. The van der Waals surface area contributed by atoms with E-state index in [1.165, 1.54) is 4.31 Å². The molecule has 0 bridgehead atoms. The molecule has 2 heterocycles. The van der Waals surface area contributed by atoms with Gasteiger partial charge in [-0.15, -0.1) is 0 Å². The molecule has 5 nitrogen and oxygen atoms in total. The largest absolute Gasteiger partial charge is 0.458 e. The van der Waals surface area contributed by atoms with Crippen molar-refractivity contribution in [2.75, 3.05) is 13.1 Å². The molecule has 2 atom stereocenters. The smallest absolute Gasteiger partial charge is 0.334 e. The second-order valence-corrected chi connectivity index (χ2v) is 7.81. The van der Waals surface area contributed by atoms with Gasteiger partial charge in [0.05, 0.1) is 4.90 Å². The van der Waals surface area contributed by atoms with E-state index in [2.05, 4.69) is 6.58 Å². The predicted molar refractivity (Wildman–Crippen MR) is 81.7 cm³/mol. The van der Waals surface area contributed by atoms with Gasteiger partial charge in [-0.3, -0.25) is 0 Å². The molecule has 0 saturated carbocycles. The van der Waals surface area contributed by atoms with Gasteiger partial charge in [0.2, 0.25) is 10.0 Å². The molecule has 0 aromatic heterocycles. The molecular weight excluding hydrogens is 302 g/mol. The normalized spacial score (nSPS) is 26.4. The molecule has 0 aliphatic carbocycles. The summed E-state index contributed by atoms with van der Waals surface area (Å²) in [7, 11) is -3.50. The average molecular weight is 321 g/mol. The van der Waals surface area contributed by atoms with E-state index in [-0.39, 0.29) is 18.0 Å². The highest BCUT2D eigenvalue weighted by atomic mass is 32.2. The first-order valence-corrected chi connectivity index (χ1v) is 8.80. The third-order valence-electron chi connectivity index (χ3n) is 4.43. The Balaban J connectivity index is 1.80. The molecule has 118 valence electrons. The van der Waals surface area contributed by atoms with Crippen LogP contribution >= 0.6 is 0 Å². The maximum Gasteiger partial charge on any atom is 0.334 e. The summed E-state index contributed by atoms with van der Waals surface area (Å²) in [5, 5.41) is 0. The number of carbonyl (C=O) groups is 1. The average Bonchev–Trinajstić information content (AvgIpc) is 2.66. The van der Waals surface area contributed by atoms with Crippen LogP contribution < -0.4 is 0 Å². The molecule has 1 aromatic rings. The van der Waals surface area contributed by atoms with Crippen molar-refractivity contribution >= 4 is 16.0 Å². The summed E-state index contributed by atoms with van der Waals surface area (Å²) >= 11 is 0. The van der Waals surface area contributed by atoms with Gasteiger partial charge in [-0.05, 0) is 31.9 Å². The number of carbonyl (C=O) groups excluding carboxylic acids is 1. The van der Waals surface area contributed by atoms with Gasteiger partial charge in [-0.1, -0.05) is 24.3 Å². The van der Waals surface area contributed by atoms with Crippen molar-refractivity contribution in [2.45, 2.75) is 30.8 Å². The Morgan fingerprint density at radius 2 is 1.82 bits per heavy atom. The first-order chi connectivity index (χ1) is 10.4. The zero-order valence-electron chi connectivity index (χ0n) is 12.5. The number of nitrogens with zero attached hydrogens (tertiary/aromatic N) is 1. The van der Waals surface area contributed by atoms with Gasteiger partial charge in [0.15, 0.2) is 0 Å². The number of benzene rings is 1. The molecule has 0 spiro atoms. The number of sulfonamides is 1. The Morgan fingerprint density at radius 1 is 1.18 bits per heavy atom. The molecule has 1 aromatic carbocycles. The third kappa shape index (κ3) is 2.57. The van der Waals surface area contributed by atoms with Gasteiger partial charge in [-0.2, -0.15) is 4.31 Å². The summed E-state index contributed by atoms with van der Waals surface area (Å²) in [4.78, 5) is 11.8. The van der Waals surface area contributed by atoms with Crippen molar-refractivity contribution in [3.63, 3.8) is 0 Å². The summed E-state index contributed by atoms with van der Waals surface area (Å²) in [5.74, 6) is -0.407. The van der Waals surface area contributed by atoms with E-state index in [1.54, 1.807) is 24.3 Å². The van der Waals surface area contributed by atoms with Crippen LogP contribution in [0.3, 0.4) is 0 Å². The topological polar surface area (TPSA) is 63.7 Å². The fourth-order valence-corrected chi connectivity index (χ4v) is 4.53. The number of fused-ring (bicyclic) bond motifs is 1. The lowest BCUT2D eigenvalue weighted by Gasteiger charge is -2.20. The highest BCUT2D eigenvalue weighted by Gasteiger charge is 2.41. The zero-order chi connectivity index (χ0) is 15.9. The molecule has 2 aliphatic rings. The molecule has 0 amide bonds. The fourth-order valence-electron chi connectivity index (χ4n) is 3.06. The number of esters is 1. The Hall–Kier alpha value is -1.66. The molecule has 2 aliphatic heterocycles. The quantitative estimate of drug-likeness (QED) is 0.616. The van der Waals surface area contributed by atoms with Gasteiger partial charge in [0, 0.05) is 24.6 Å². The molecule has 2 saturated heterocycles. The molecule has 0 N–H and O–H groups in total. The molecule has 6 heteroatoms. The van der Waals surface area contributed by atoms with Crippen molar-refractivity contribution < 1.29 is 17.9 Å². The van der Waals surface area contributed by atoms with E-state index in [9.17, 15) is 13.2 Å². The molecular formula is C16H19NO4S. The molecule has 2 fully saturated rings. The van der Waals surface area contributed by atoms with Crippen LogP contribution in [0.5, 0.6) is 0 Å². The van der Waals surface area contributed by atoms with Crippen molar-refractivity contribution in [3.8, 4) is 0 Å². The maximum atomic E-state index is 12.7. The zero-order valence-corrected chi connectivity index (χ0v) is 13.3. The Morgan fingerprint density at radius 3 is 2.50 bits per heavy atom. The van der Waals surface area contributed by atoms with Crippen molar-refractivity contribution in [2.24, 2.45) is 5.92 Å². The van der Waals surface area contributed by atoms with Crippen LogP contribution in [0, 0.1) is 12.8 Å². The Bertz CT molecular complexity index is 708. The summed E-state index contributed by atoms with van der Waals surface area (Å²) in [5.41, 5.74) is 1.49. The standard InChI is InChI=1S/C16H19NO4S/c1-11-3-5-13(6-4-11)22(19,20)17-9-7-14-12(2)16(18)21-15(14)8-10-17/h3-6,14-15H,2,7-10H2,1H3/t14-,15-/m1/s1. The number of aryl methyl sites for hydroxylation is 1. The van der Waals surface area contributed by atoms with Crippen molar-refractivity contribution in [3.05, 3.63) is 42.0 Å². The van der Waals surface area contributed by atoms with E-state index >= 15 is 0 Å². The number of rotatable bonds is 2. The van der Waals surface area contributed by atoms with Crippen LogP contribution in [-0.4, -0.2) is 37.9 Å². The first kappa shape index (κ1) is 15.2. The minimum Gasteiger partial charge on any atom is -0.458 e. The van der Waals surface area contributed by atoms with Crippen molar-refractivity contribution in [1.29, 1.82) is 0 Å². The van der Waals surface area contributed by atoms with Gasteiger partial charge in [-0.25, -0.2) is 13.2 Å². The van der Waals surface area contributed by atoms with Crippen LogP contribution in [-0.2, 0) is 19.6 Å². The van der Waals surface area contributed by atoms with Gasteiger partial charge in [0.25, 0.3) is 0 Å². The van der Waals surface area contributed by atoms with Crippen LogP contribution in [0.4, 0.5) is 0 Å². The molecule has 22 heavy (non-hydrogen) atoms. The van der Waals surface area contributed by atoms with E-state index < -0.39 is 10.0 Å². The predicted octanol–water partition coefficient (Wildman–Crippen LogP) is 1.88. The summed E-state index contributed by atoms with van der Waals surface area (Å²) in [6.45, 7) is 6.43. The maximum absolute atomic E-state index is 12.7. The summed E-state index contributed by atoms with van der Waals surface area (Å²) < 4.78 is 32.2. The second-order valence-electron chi connectivity index (χ2n) is 5.87. The van der Waals surface area contributed by atoms with E-state index in [0.717, 1.165) is 5.56 Å². The lowest BCUT2D eigenvalue weighted by atomic mass is 9.93. The van der Waals surface area contributed by atoms with Gasteiger partial charge in [0.1, 0.15) is 6.10 Å². The molecule has 0 unspecified atom stereocenters. The number of ether oxygens (including phenoxy) is 1. The number of hydrogen-bond donors (Lipinski definition) is 0. The van der Waals surface area contributed by atoms with Crippen LogP contribution in [0.15, 0.2) is 41.3 Å². The molecule has 3 rings (SSSR count). The minimum atomic E-state index is -3.50. The lowest BCUT2D eigenvalue weighted by Crippen LogP contribution is -2.32. The lowest BCUT2D eigenvalue weighted by molar-refractivity contribution is -0.139. The highest BCUT2D eigenvalue weighted by Crippen LogP contribution is 2.34. The van der Waals surface area contributed by atoms with E-state index in [1.807, 2.05) is 6.92 Å². The SMILES string of the molecule is C=C1C(=O)O[C@@H]2CCN(S(=O)(=O)c3ccc(C)cc3)CC[C@H]12. The van der Waals surface area contributed by atoms with Crippen LogP contribution in [0.1, 0.15) is 18.4 Å². The first-order valence-electron chi connectivity index (χ1n) is 7.36. The van der Waals surface area contributed by atoms with E-state index in [0.29, 0.717) is 36.4 Å². The van der Waals surface area contributed by atoms with Gasteiger partial charge >= 0.3 is 5.97 Å². The van der Waals surface area contributed by atoms with E-state index in [4.69, 9.17) is 4.74 Å². The molecule has 0 radical (unpaired) electrons. The Labute approximate surface area is 130 Å². The van der Waals surface area contributed by atoms with Crippen LogP contribution in [0.2, 0.25) is 0 Å². The van der Waals surface area contributed by atoms with Crippen LogP contribution in [0.25, 0.3) is 0 Å². The summed E-state index contributed by atoms with van der Waals surface area (Å²) in [6.07, 6.45) is 0.846.